The number of hydrogen-bond donors (Lipinski definition) is 0. The average Bonchev–Trinajstić information content (AvgIpc) is 2.99. The highest BCUT2D eigenvalue weighted by Crippen LogP contribution is 2.44. The summed E-state index contributed by atoms with van der Waals surface area (Å²) < 4.78 is 62.5. The number of aryl methyl sites for hydroxylation is 1. The Kier molecular flexibility index (Phi) is 10.2. The van der Waals surface area contributed by atoms with Crippen LogP contribution in [0.2, 0.25) is 0 Å². The summed E-state index contributed by atoms with van der Waals surface area (Å²) in [7, 11) is 0. The molecule has 2 heterocycles. The van der Waals surface area contributed by atoms with Crippen molar-refractivity contribution >= 4 is 0 Å². The van der Waals surface area contributed by atoms with Crippen LogP contribution in [0.3, 0.4) is 0 Å². The molecule has 3 nitrogen and oxygen atoms in total. The van der Waals surface area contributed by atoms with Gasteiger partial charge in [-0.2, -0.15) is 8.78 Å². The van der Waals surface area contributed by atoms with Gasteiger partial charge < -0.3 is 14.2 Å². The van der Waals surface area contributed by atoms with Gasteiger partial charge >= 0.3 is 0 Å². The van der Waals surface area contributed by atoms with Crippen molar-refractivity contribution in [3.63, 3.8) is 0 Å². The van der Waals surface area contributed by atoms with E-state index in [2.05, 4.69) is 20.1 Å². The lowest BCUT2D eigenvalue weighted by molar-refractivity contribution is 0.103. The molecule has 2 aromatic rings. The molecule has 0 radical (unpaired) electrons. The molecule has 6 heteroatoms. The first-order valence-corrected chi connectivity index (χ1v) is 15.9. The van der Waals surface area contributed by atoms with Crippen LogP contribution >= 0.6 is 0 Å². The van der Waals surface area contributed by atoms with E-state index in [9.17, 15) is 4.39 Å². The highest BCUT2D eigenvalue weighted by atomic mass is 19.2. The normalized spacial score (nSPS) is 21.8. The van der Waals surface area contributed by atoms with Crippen molar-refractivity contribution in [2.75, 3.05) is 6.61 Å². The van der Waals surface area contributed by atoms with Crippen molar-refractivity contribution < 1.29 is 27.4 Å². The maximum atomic E-state index is 15.1. The van der Waals surface area contributed by atoms with E-state index < -0.39 is 17.5 Å². The number of benzene rings is 2. The van der Waals surface area contributed by atoms with Crippen LogP contribution in [-0.2, 0) is 17.6 Å². The number of rotatable bonds is 12. The predicted molar refractivity (Wildman–Crippen MR) is 156 cm³/mol. The topological polar surface area (TPSA) is 27.7 Å². The average molecular weight is 571 g/mol. The molecule has 2 aliphatic heterocycles. The monoisotopic (exact) mass is 570 g/mol. The van der Waals surface area contributed by atoms with Crippen molar-refractivity contribution in [2.45, 2.75) is 116 Å². The third-order valence-electron chi connectivity index (χ3n) is 9.26. The second kappa shape index (κ2) is 14.0. The van der Waals surface area contributed by atoms with Gasteiger partial charge in [0.05, 0.1) is 19.0 Å². The summed E-state index contributed by atoms with van der Waals surface area (Å²) in [5.74, 6) is -1.68. The SMILES string of the molecule is CCCCCc1ccc2c(c1F)Oc1c(cc(OCCCC3CCC(C4=COC(CCC)CC4)CC3)c(F)c1F)C2. The van der Waals surface area contributed by atoms with E-state index in [-0.39, 0.29) is 23.7 Å². The molecule has 0 saturated heterocycles. The predicted octanol–water partition coefficient (Wildman–Crippen LogP) is 10.4. The Morgan fingerprint density at radius 2 is 1.63 bits per heavy atom. The van der Waals surface area contributed by atoms with E-state index in [0.717, 1.165) is 44.9 Å². The summed E-state index contributed by atoms with van der Waals surface area (Å²) in [6.07, 6.45) is 17.5. The Balaban J connectivity index is 1.11. The number of unbranched alkanes of at least 4 members (excludes halogenated alkanes) is 2. The smallest absolute Gasteiger partial charge is 0.205 e. The molecule has 0 bridgehead atoms. The van der Waals surface area contributed by atoms with Gasteiger partial charge in [-0.1, -0.05) is 45.2 Å². The Hall–Kier alpha value is -2.63. The lowest BCUT2D eigenvalue weighted by Gasteiger charge is -2.33. The maximum Gasteiger partial charge on any atom is 0.205 e. The Labute approximate surface area is 243 Å². The number of halogens is 3. The van der Waals surface area contributed by atoms with Crippen molar-refractivity contribution in [2.24, 2.45) is 11.8 Å². The van der Waals surface area contributed by atoms with Crippen molar-refractivity contribution in [3.8, 4) is 17.2 Å². The summed E-state index contributed by atoms with van der Waals surface area (Å²) in [5.41, 5.74) is 3.16. The van der Waals surface area contributed by atoms with Crippen LogP contribution < -0.4 is 9.47 Å². The van der Waals surface area contributed by atoms with E-state index in [0.29, 0.717) is 47.7 Å². The molecule has 41 heavy (non-hydrogen) atoms. The van der Waals surface area contributed by atoms with Crippen LogP contribution in [-0.4, -0.2) is 12.7 Å². The summed E-state index contributed by atoms with van der Waals surface area (Å²) in [6, 6.07) is 5.13. The van der Waals surface area contributed by atoms with Gasteiger partial charge in [0.15, 0.2) is 23.1 Å². The van der Waals surface area contributed by atoms with Crippen LogP contribution in [0.25, 0.3) is 0 Å². The number of fused-ring (bicyclic) bond motifs is 2. The van der Waals surface area contributed by atoms with Crippen LogP contribution in [0, 0.1) is 29.3 Å². The fourth-order valence-electron chi connectivity index (χ4n) is 6.78. The van der Waals surface area contributed by atoms with Crippen molar-refractivity contribution in [1.82, 2.24) is 0 Å². The lowest BCUT2D eigenvalue weighted by atomic mass is 9.76. The van der Waals surface area contributed by atoms with Crippen molar-refractivity contribution in [1.29, 1.82) is 0 Å². The molecule has 0 amide bonds. The highest BCUT2D eigenvalue weighted by Gasteiger charge is 2.30. The van der Waals surface area contributed by atoms with Gasteiger partial charge in [-0.25, -0.2) is 4.39 Å². The summed E-state index contributed by atoms with van der Waals surface area (Å²) in [5, 5.41) is 0. The van der Waals surface area contributed by atoms with Crippen LogP contribution in [0.1, 0.15) is 114 Å². The molecule has 3 aliphatic rings. The van der Waals surface area contributed by atoms with Crippen LogP contribution in [0.5, 0.6) is 17.2 Å². The van der Waals surface area contributed by atoms with Gasteiger partial charge in [-0.05, 0) is 99.7 Å². The number of hydrogen-bond acceptors (Lipinski definition) is 3. The van der Waals surface area contributed by atoms with Crippen LogP contribution in [0.4, 0.5) is 13.2 Å². The third-order valence-corrected chi connectivity index (χ3v) is 9.26. The first-order valence-electron chi connectivity index (χ1n) is 15.9. The molecule has 1 atom stereocenters. The largest absolute Gasteiger partial charge is 0.498 e. The molecule has 1 aliphatic carbocycles. The first kappa shape index (κ1) is 29.8. The van der Waals surface area contributed by atoms with E-state index in [4.69, 9.17) is 14.2 Å². The first-order chi connectivity index (χ1) is 20.0. The second-order valence-electron chi connectivity index (χ2n) is 12.2. The zero-order valence-electron chi connectivity index (χ0n) is 24.7. The number of allylic oxidation sites excluding steroid dienone is 1. The molecule has 1 fully saturated rings. The zero-order chi connectivity index (χ0) is 28.8. The molecular formula is C35H45F3O3. The molecule has 224 valence electrons. The summed E-state index contributed by atoms with van der Waals surface area (Å²) in [6.45, 7) is 4.63. The molecule has 2 aromatic carbocycles. The molecule has 1 unspecified atom stereocenters. The third kappa shape index (κ3) is 7.06. The quantitative estimate of drug-likeness (QED) is 0.203. The molecular weight excluding hydrogens is 525 g/mol. The molecule has 1 saturated carbocycles. The van der Waals surface area contributed by atoms with E-state index >= 15 is 8.78 Å². The molecule has 0 aromatic heterocycles. The lowest BCUT2D eigenvalue weighted by Crippen LogP contribution is -2.21. The van der Waals surface area contributed by atoms with Gasteiger partial charge in [-0.15, -0.1) is 0 Å². The summed E-state index contributed by atoms with van der Waals surface area (Å²) >= 11 is 0. The van der Waals surface area contributed by atoms with Gasteiger partial charge in [-0.3, -0.25) is 0 Å². The van der Waals surface area contributed by atoms with Gasteiger partial charge in [0, 0.05) is 17.5 Å². The highest BCUT2D eigenvalue weighted by molar-refractivity contribution is 5.54. The minimum absolute atomic E-state index is 0.0150. The fourth-order valence-corrected chi connectivity index (χ4v) is 6.78. The van der Waals surface area contributed by atoms with E-state index in [1.165, 1.54) is 50.2 Å². The van der Waals surface area contributed by atoms with Crippen molar-refractivity contribution in [3.05, 3.63) is 64.2 Å². The second-order valence-corrected chi connectivity index (χ2v) is 12.2. The molecule has 5 rings (SSSR count). The number of ether oxygens (including phenoxy) is 3. The van der Waals surface area contributed by atoms with Crippen LogP contribution in [0.15, 0.2) is 30.0 Å². The van der Waals surface area contributed by atoms with E-state index in [1.54, 1.807) is 6.07 Å². The van der Waals surface area contributed by atoms with Gasteiger partial charge in [0.25, 0.3) is 0 Å². The Bertz CT molecular complexity index is 1220. The zero-order valence-corrected chi connectivity index (χ0v) is 24.7. The van der Waals surface area contributed by atoms with E-state index in [1.807, 2.05) is 6.07 Å². The maximum absolute atomic E-state index is 15.1. The minimum Gasteiger partial charge on any atom is -0.498 e. The molecule has 0 spiro atoms. The fraction of sp³-hybridized carbons (Fsp3) is 0.600. The summed E-state index contributed by atoms with van der Waals surface area (Å²) in [4.78, 5) is 0. The van der Waals surface area contributed by atoms with Gasteiger partial charge in [0.2, 0.25) is 11.6 Å². The Morgan fingerprint density at radius 1 is 0.829 bits per heavy atom. The molecule has 0 N–H and O–H groups in total. The van der Waals surface area contributed by atoms with Gasteiger partial charge in [0.1, 0.15) is 0 Å². The standard InChI is InChI=1S/C35H45F3O3/c1-3-5-6-10-25-15-16-26-20-28-21-30(32(37)33(38)35(28)41-34(26)31(25)36)39-19-7-9-23-11-13-24(14-12-23)27-17-18-29(8-4-2)40-22-27/h15-16,21-24,29H,3-14,17-20H2,1-2H3. The Morgan fingerprint density at radius 3 is 2.37 bits per heavy atom. The minimum atomic E-state index is -1.11.